The van der Waals surface area contributed by atoms with Crippen molar-refractivity contribution in [1.82, 2.24) is 0 Å². The minimum absolute atomic E-state index is 1.27. The van der Waals surface area contributed by atoms with E-state index in [4.69, 9.17) is 9.03 Å². The van der Waals surface area contributed by atoms with Crippen LogP contribution < -0.4 is 10.6 Å². The van der Waals surface area contributed by atoms with E-state index in [1.54, 1.807) is 0 Å². The highest BCUT2D eigenvalue weighted by molar-refractivity contribution is 7.90. The van der Waals surface area contributed by atoms with Crippen LogP contribution in [0.4, 0.5) is 0 Å². The minimum Gasteiger partial charge on any atom is -0.252 e. The summed E-state index contributed by atoms with van der Waals surface area (Å²) in [5.74, 6) is 0. The summed E-state index contributed by atoms with van der Waals surface area (Å²) in [6.07, 6.45) is 0. The van der Waals surface area contributed by atoms with Gasteiger partial charge in [0.25, 0.3) is 0 Å². The fourth-order valence-electron chi connectivity index (χ4n) is 2.42. The molecular formula is C18H28N2P3+. The van der Waals surface area contributed by atoms with Crippen LogP contribution in [0.1, 0.15) is 0 Å². The largest absolute Gasteiger partial charge is 0.252 e. The number of hydrogen-bond acceptors (Lipinski definition) is 1. The zero-order chi connectivity index (χ0) is 17.1. The van der Waals surface area contributed by atoms with Crippen LogP contribution in [-0.2, 0) is 0 Å². The van der Waals surface area contributed by atoms with Crippen LogP contribution in [0.25, 0.3) is 0 Å². The molecule has 2 aromatic carbocycles. The molecular weight excluding hydrogens is 337 g/mol. The van der Waals surface area contributed by atoms with Gasteiger partial charge in [0, 0.05) is 10.6 Å². The monoisotopic (exact) mass is 365 g/mol. The van der Waals surface area contributed by atoms with E-state index in [9.17, 15) is 0 Å². The standard InChI is InChI=1S/C18H28N2P3/c1-21(2,3)19-23(20-22(4,5)6,17-13-9-7-10-14-17)18-15-11-8-12-16-18/h7-16H,1-6H3/q+1. The van der Waals surface area contributed by atoms with Crippen molar-refractivity contribution < 1.29 is 0 Å². The molecule has 0 saturated carbocycles. The molecule has 0 saturated heterocycles. The van der Waals surface area contributed by atoms with Crippen molar-refractivity contribution in [3.63, 3.8) is 0 Å². The van der Waals surface area contributed by atoms with Gasteiger partial charge in [-0.25, -0.2) is 0 Å². The third-order valence-corrected chi connectivity index (χ3v) is 11.4. The van der Waals surface area contributed by atoms with Gasteiger partial charge < -0.3 is 0 Å². The molecule has 0 aliphatic carbocycles. The lowest BCUT2D eigenvalue weighted by molar-refractivity contribution is 1.67. The average molecular weight is 365 g/mol. The minimum atomic E-state index is -2.10. The van der Waals surface area contributed by atoms with Crippen molar-refractivity contribution in [2.75, 3.05) is 40.0 Å². The summed E-state index contributed by atoms with van der Waals surface area (Å²) >= 11 is 0. The summed E-state index contributed by atoms with van der Waals surface area (Å²) in [4.78, 5) is 0. The Morgan fingerprint density at radius 2 is 1.09 bits per heavy atom. The first kappa shape index (κ1) is 18.7. The zero-order valence-corrected chi connectivity index (χ0v) is 17.7. The highest BCUT2D eigenvalue weighted by Crippen LogP contribution is 2.66. The molecule has 23 heavy (non-hydrogen) atoms. The summed E-state index contributed by atoms with van der Waals surface area (Å²) < 4.78 is 10.9. The van der Waals surface area contributed by atoms with Crippen molar-refractivity contribution in [2.24, 2.45) is 9.03 Å². The van der Waals surface area contributed by atoms with Crippen molar-refractivity contribution in [3.8, 4) is 0 Å². The third-order valence-electron chi connectivity index (χ3n) is 3.03. The van der Waals surface area contributed by atoms with Gasteiger partial charge in [-0.1, -0.05) is 60.7 Å². The van der Waals surface area contributed by atoms with Gasteiger partial charge in [0.15, 0.2) is 7.21 Å². The van der Waals surface area contributed by atoms with E-state index < -0.39 is 21.7 Å². The molecule has 0 unspecified atom stereocenters. The second kappa shape index (κ2) is 7.06. The topological polar surface area (TPSA) is 24.7 Å². The molecule has 0 aliphatic rings. The Morgan fingerprint density at radius 3 is 1.39 bits per heavy atom. The molecule has 0 radical (unpaired) electrons. The van der Waals surface area contributed by atoms with E-state index in [1.807, 2.05) is 0 Å². The van der Waals surface area contributed by atoms with E-state index in [0.29, 0.717) is 0 Å². The molecule has 5 heteroatoms. The molecule has 0 aromatic heterocycles. The first-order valence-corrected chi connectivity index (χ1v) is 15.6. The molecule has 124 valence electrons. The van der Waals surface area contributed by atoms with Gasteiger partial charge in [0.2, 0.25) is 0 Å². The van der Waals surface area contributed by atoms with Crippen LogP contribution in [0.3, 0.4) is 0 Å². The maximum atomic E-state index is 5.45. The summed E-state index contributed by atoms with van der Waals surface area (Å²) in [6, 6.07) is 21.4. The van der Waals surface area contributed by atoms with Gasteiger partial charge in [-0.05, 0) is 27.0 Å². The summed E-state index contributed by atoms with van der Waals surface area (Å²) in [5, 5.41) is 2.55. The highest BCUT2D eigenvalue weighted by atomic mass is 31.2. The fraction of sp³-hybridized carbons (Fsp3) is 0.333. The maximum Gasteiger partial charge on any atom is 0.171 e. The van der Waals surface area contributed by atoms with E-state index in [1.165, 1.54) is 10.6 Å². The Balaban J connectivity index is 2.95. The van der Waals surface area contributed by atoms with Crippen molar-refractivity contribution in [3.05, 3.63) is 60.7 Å². The van der Waals surface area contributed by atoms with Crippen molar-refractivity contribution in [1.29, 1.82) is 0 Å². The molecule has 0 aliphatic heterocycles. The Labute approximate surface area is 142 Å². The van der Waals surface area contributed by atoms with E-state index in [-0.39, 0.29) is 0 Å². The molecule has 0 heterocycles. The number of hydrogen-bond donors (Lipinski definition) is 0. The Morgan fingerprint density at radius 1 is 0.696 bits per heavy atom. The molecule has 0 spiro atoms. The Hall–Kier alpha value is -0.670. The molecule has 0 atom stereocenters. The number of nitrogens with zero attached hydrogens (tertiary/aromatic N) is 2. The first-order valence-electron chi connectivity index (χ1n) is 7.75. The lowest BCUT2D eigenvalue weighted by Crippen LogP contribution is -2.15. The van der Waals surface area contributed by atoms with Gasteiger partial charge >= 0.3 is 0 Å². The van der Waals surface area contributed by atoms with E-state index in [0.717, 1.165) is 0 Å². The quantitative estimate of drug-likeness (QED) is 0.624. The van der Waals surface area contributed by atoms with Crippen LogP contribution in [0.2, 0.25) is 0 Å². The second-order valence-corrected chi connectivity index (χ2v) is 18.8. The molecule has 2 rings (SSSR count). The predicted molar refractivity (Wildman–Crippen MR) is 113 cm³/mol. The van der Waals surface area contributed by atoms with Crippen LogP contribution in [0, 0.1) is 0 Å². The lowest BCUT2D eigenvalue weighted by Gasteiger charge is -2.25. The number of rotatable bonds is 4. The van der Waals surface area contributed by atoms with Gasteiger partial charge in [0.1, 0.15) is 7.41 Å². The van der Waals surface area contributed by atoms with Gasteiger partial charge in [0.05, 0.1) is 20.0 Å². The van der Waals surface area contributed by atoms with Crippen LogP contribution >= 0.6 is 21.7 Å². The third kappa shape index (κ3) is 5.15. The molecule has 0 N–H and O–H groups in total. The lowest BCUT2D eigenvalue weighted by atomic mass is 10.4. The van der Waals surface area contributed by atoms with Crippen molar-refractivity contribution >= 4 is 32.3 Å². The number of benzene rings is 2. The normalized spacial score (nSPS) is 12.8. The highest BCUT2D eigenvalue weighted by Gasteiger charge is 2.31. The summed E-state index contributed by atoms with van der Waals surface area (Å²) in [7, 11) is -4.81. The summed E-state index contributed by atoms with van der Waals surface area (Å²) in [6.45, 7) is 13.7. The van der Waals surface area contributed by atoms with Gasteiger partial charge in [-0.15, -0.1) is 4.52 Å². The molecule has 2 aromatic rings. The van der Waals surface area contributed by atoms with Crippen LogP contribution in [0.15, 0.2) is 69.7 Å². The average Bonchev–Trinajstić information content (AvgIpc) is 2.45. The molecule has 0 bridgehead atoms. The molecule has 2 nitrogen and oxygen atoms in total. The van der Waals surface area contributed by atoms with Gasteiger partial charge in [-0.2, -0.15) is 0 Å². The first-order chi connectivity index (χ1) is 10.6. The molecule has 0 amide bonds. The smallest absolute Gasteiger partial charge is 0.171 e. The van der Waals surface area contributed by atoms with Gasteiger partial charge in [-0.3, -0.25) is 4.52 Å². The fourth-order valence-corrected chi connectivity index (χ4v) is 12.2. The van der Waals surface area contributed by atoms with Crippen molar-refractivity contribution in [2.45, 2.75) is 0 Å². The Bertz CT molecular complexity index is 702. The Kier molecular flexibility index (Phi) is 5.73. The maximum absolute atomic E-state index is 5.45. The van der Waals surface area contributed by atoms with Crippen LogP contribution in [-0.4, -0.2) is 40.0 Å². The van der Waals surface area contributed by atoms with Crippen LogP contribution in [0.5, 0.6) is 0 Å². The summed E-state index contributed by atoms with van der Waals surface area (Å²) in [5.41, 5.74) is 0. The predicted octanol–water partition coefficient (Wildman–Crippen LogP) is 5.67. The zero-order valence-electron chi connectivity index (χ0n) is 15.0. The van der Waals surface area contributed by atoms with E-state index >= 15 is 0 Å². The van der Waals surface area contributed by atoms with E-state index in [2.05, 4.69) is 101 Å². The second-order valence-electron chi connectivity index (χ2n) is 7.33. The SMILES string of the molecule is CP(C)(C)=NP(=N[P+](C)(C)C)(c1ccccc1)c1ccccc1. The molecule has 0 fully saturated rings.